The highest BCUT2D eigenvalue weighted by Gasteiger charge is 2.24. The van der Waals surface area contributed by atoms with E-state index in [1.807, 2.05) is 19.1 Å². The maximum atomic E-state index is 11.8. The summed E-state index contributed by atoms with van der Waals surface area (Å²) in [6.07, 6.45) is 3.06. The average Bonchev–Trinajstić information content (AvgIpc) is 3.04. The van der Waals surface area contributed by atoms with E-state index in [0.717, 1.165) is 5.56 Å². The minimum atomic E-state index is -0.506. The minimum Gasteiger partial charge on any atom is -0.465 e. The van der Waals surface area contributed by atoms with E-state index in [1.165, 1.54) is 12.3 Å². The summed E-state index contributed by atoms with van der Waals surface area (Å²) in [7, 11) is 0. The van der Waals surface area contributed by atoms with E-state index in [9.17, 15) is 4.79 Å². The number of nitrogens with zero attached hydrogens (tertiary/aromatic N) is 1. The summed E-state index contributed by atoms with van der Waals surface area (Å²) >= 11 is 6.06. The molecule has 0 atom stereocenters. The van der Waals surface area contributed by atoms with E-state index < -0.39 is 5.97 Å². The first-order valence-corrected chi connectivity index (χ1v) is 6.34. The molecular formula is C15H10ClNO3. The number of aliphatic imine (C=N–C) groups is 1. The van der Waals surface area contributed by atoms with E-state index in [-0.39, 0.29) is 11.6 Å². The molecule has 2 heterocycles. The van der Waals surface area contributed by atoms with Crippen molar-refractivity contribution in [2.24, 2.45) is 4.99 Å². The Hall–Kier alpha value is -2.33. The van der Waals surface area contributed by atoms with Crippen LogP contribution in [0, 0.1) is 6.92 Å². The number of esters is 1. The number of ether oxygens (including phenoxy) is 1. The van der Waals surface area contributed by atoms with Crippen LogP contribution >= 0.6 is 11.6 Å². The van der Waals surface area contributed by atoms with Crippen LogP contribution in [-0.2, 0) is 9.53 Å². The van der Waals surface area contributed by atoms with Crippen LogP contribution in [0.4, 0.5) is 0 Å². The summed E-state index contributed by atoms with van der Waals surface area (Å²) in [4.78, 5) is 15.9. The minimum absolute atomic E-state index is 0.201. The molecule has 1 aromatic carbocycles. The molecule has 0 spiro atoms. The molecule has 0 saturated carbocycles. The van der Waals surface area contributed by atoms with Crippen molar-refractivity contribution in [3.8, 4) is 0 Å². The zero-order chi connectivity index (χ0) is 14.1. The third-order valence-corrected chi connectivity index (χ3v) is 3.27. The molecule has 3 rings (SSSR count). The van der Waals surface area contributed by atoms with Crippen LogP contribution in [0.3, 0.4) is 0 Å². The number of aryl methyl sites for hydroxylation is 1. The van der Waals surface area contributed by atoms with Gasteiger partial charge in [-0.3, -0.25) is 0 Å². The van der Waals surface area contributed by atoms with Gasteiger partial charge in [0.2, 0.25) is 5.90 Å². The van der Waals surface area contributed by atoms with E-state index in [0.29, 0.717) is 16.3 Å². The monoisotopic (exact) mass is 287 g/mol. The number of halogens is 1. The van der Waals surface area contributed by atoms with Crippen LogP contribution in [0.15, 0.2) is 51.7 Å². The van der Waals surface area contributed by atoms with Crippen molar-refractivity contribution >= 4 is 29.5 Å². The van der Waals surface area contributed by atoms with Crippen molar-refractivity contribution < 1.29 is 13.9 Å². The lowest BCUT2D eigenvalue weighted by molar-refractivity contribution is -0.129. The van der Waals surface area contributed by atoms with Crippen LogP contribution in [0.1, 0.15) is 16.9 Å². The quantitative estimate of drug-likeness (QED) is 0.626. The number of hydrogen-bond acceptors (Lipinski definition) is 4. The lowest BCUT2D eigenvalue weighted by Crippen LogP contribution is -2.05. The maximum Gasteiger partial charge on any atom is 0.363 e. The summed E-state index contributed by atoms with van der Waals surface area (Å²) < 4.78 is 10.3. The largest absolute Gasteiger partial charge is 0.465 e. The van der Waals surface area contributed by atoms with Crippen LogP contribution < -0.4 is 0 Å². The number of carbonyl (C=O) groups excluding carboxylic acids is 1. The van der Waals surface area contributed by atoms with Crippen molar-refractivity contribution in [3.63, 3.8) is 0 Å². The predicted octanol–water partition coefficient (Wildman–Crippen LogP) is 3.59. The second kappa shape index (κ2) is 4.98. The first-order valence-electron chi connectivity index (χ1n) is 5.96. The maximum absolute atomic E-state index is 11.8. The number of rotatable bonds is 2. The van der Waals surface area contributed by atoms with Crippen molar-refractivity contribution in [1.82, 2.24) is 0 Å². The number of carbonyl (C=O) groups is 1. The van der Waals surface area contributed by atoms with Crippen molar-refractivity contribution in [3.05, 3.63) is 64.2 Å². The third-order valence-electron chi connectivity index (χ3n) is 2.86. The number of furan rings is 1. The fourth-order valence-electron chi connectivity index (χ4n) is 1.77. The normalized spacial score (nSPS) is 16.4. The first kappa shape index (κ1) is 12.7. The third kappa shape index (κ3) is 2.38. The molecular weight excluding hydrogens is 278 g/mol. The van der Waals surface area contributed by atoms with Gasteiger partial charge in [0, 0.05) is 16.7 Å². The Morgan fingerprint density at radius 1 is 1.30 bits per heavy atom. The zero-order valence-electron chi connectivity index (χ0n) is 10.6. The summed E-state index contributed by atoms with van der Waals surface area (Å²) in [5.41, 5.74) is 1.81. The van der Waals surface area contributed by atoms with Gasteiger partial charge in [-0.2, -0.15) is 0 Å². The Balaban J connectivity index is 1.96. The summed E-state index contributed by atoms with van der Waals surface area (Å²) in [6.45, 7) is 1.90. The molecule has 0 saturated heterocycles. The molecule has 2 aromatic rings. The van der Waals surface area contributed by atoms with Crippen molar-refractivity contribution in [2.75, 3.05) is 0 Å². The smallest absolute Gasteiger partial charge is 0.363 e. The second-order valence-corrected chi connectivity index (χ2v) is 4.72. The summed E-state index contributed by atoms with van der Waals surface area (Å²) in [5, 5.41) is 0.602. The van der Waals surface area contributed by atoms with E-state index in [4.69, 9.17) is 20.8 Å². The highest BCUT2D eigenvalue weighted by molar-refractivity contribution is 6.31. The Labute approximate surface area is 120 Å². The molecule has 0 radical (unpaired) electrons. The standard InChI is InChI=1S/C15H10ClNO3/c1-9-4-5-10(7-12(9)16)14-17-13(15(18)20-14)8-11-3-2-6-19-11/h2-8H,1H3/b13-8+. The van der Waals surface area contributed by atoms with Crippen LogP contribution in [-0.4, -0.2) is 11.9 Å². The fraction of sp³-hybridized carbons (Fsp3) is 0.0667. The van der Waals surface area contributed by atoms with Crippen LogP contribution in [0.2, 0.25) is 5.02 Å². The molecule has 1 aliphatic rings. The lowest BCUT2D eigenvalue weighted by Gasteiger charge is -2.02. The molecule has 0 aliphatic carbocycles. The van der Waals surface area contributed by atoms with Gasteiger partial charge in [-0.05, 0) is 36.8 Å². The predicted molar refractivity (Wildman–Crippen MR) is 75.5 cm³/mol. The van der Waals surface area contributed by atoms with Crippen molar-refractivity contribution in [1.29, 1.82) is 0 Å². The van der Waals surface area contributed by atoms with Crippen LogP contribution in [0.5, 0.6) is 0 Å². The second-order valence-electron chi connectivity index (χ2n) is 4.32. The molecule has 0 N–H and O–H groups in total. The van der Waals surface area contributed by atoms with E-state index >= 15 is 0 Å². The van der Waals surface area contributed by atoms with Crippen LogP contribution in [0.25, 0.3) is 6.08 Å². The molecule has 1 aliphatic heterocycles. The molecule has 4 nitrogen and oxygen atoms in total. The Bertz CT molecular complexity index is 730. The van der Waals surface area contributed by atoms with Crippen molar-refractivity contribution in [2.45, 2.75) is 6.92 Å². The van der Waals surface area contributed by atoms with Gasteiger partial charge in [-0.25, -0.2) is 9.79 Å². The lowest BCUT2D eigenvalue weighted by atomic mass is 10.1. The zero-order valence-corrected chi connectivity index (χ0v) is 11.3. The summed E-state index contributed by atoms with van der Waals surface area (Å²) in [5.74, 6) is 0.284. The molecule has 100 valence electrons. The van der Waals surface area contributed by atoms with Gasteiger partial charge in [0.05, 0.1) is 6.26 Å². The summed E-state index contributed by atoms with van der Waals surface area (Å²) in [6, 6.07) is 8.85. The molecule has 0 fully saturated rings. The SMILES string of the molecule is Cc1ccc(C2=N/C(=C/c3ccco3)C(=O)O2)cc1Cl. The van der Waals surface area contributed by atoms with Gasteiger partial charge in [0.15, 0.2) is 5.70 Å². The van der Waals surface area contributed by atoms with Gasteiger partial charge in [-0.15, -0.1) is 0 Å². The molecule has 20 heavy (non-hydrogen) atoms. The highest BCUT2D eigenvalue weighted by atomic mass is 35.5. The Morgan fingerprint density at radius 2 is 2.15 bits per heavy atom. The Morgan fingerprint density at radius 3 is 2.85 bits per heavy atom. The molecule has 0 amide bonds. The van der Waals surface area contributed by atoms with E-state index in [1.54, 1.807) is 18.2 Å². The first-order chi connectivity index (χ1) is 9.63. The Kier molecular flexibility index (Phi) is 3.16. The van der Waals surface area contributed by atoms with Gasteiger partial charge in [-0.1, -0.05) is 17.7 Å². The molecule has 1 aromatic heterocycles. The van der Waals surface area contributed by atoms with Gasteiger partial charge < -0.3 is 9.15 Å². The number of hydrogen-bond donors (Lipinski definition) is 0. The fourth-order valence-corrected chi connectivity index (χ4v) is 1.95. The van der Waals surface area contributed by atoms with E-state index in [2.05, 4.69) is 4.99 Å². The van der Waals surface area contributed by atoms with Gasteiger partial charge in [0.25, 0.3) is 0 Å². The molecule has 0 unspecified atom stereocenters. The average molecular weight is 288 g/mol. The van der Waals surface area contributed by atoms with Gasteiger partial charge in [0.1, 0.15) is 5.76 Å². The molecule has 5 heteroatoms. The topological polar surface area (TPSA) is 51.8 Å². The highest BCUT2D eigenvalue weighted by Crippen LogP contribution is 2.22. The number of benzene rings is 1. The number of cyclic esters (lactones) is 1. The molecule has 0 bridgehead atoms. The van der Waals surface area contributed by atoms with Gasteiger partial charge >= 0.3 is 5.97 Å².